The van der Waals surface area contributed by atoms with Crippen LogP contribution in [0.3, 0.4) is 0 Å². The lowest BCUT2D eigenvalue weighted by molar-refractivity contribution is 0.905. The highest BCUT2D eigenvalue weighted by Crippen LogP contribution is 2.08. The Morgan fingerprint density at radius 3 is 2.79 bits per heavy atom. The summed E-state index contributed by atoms with van der Waals surface area (Å²) in [5.41, 5.74) is 4.58. The van der Waals surface area contributed by atoms with E-state index >= 15 is 0 Å². The van der Waals surface area contributed by atoms with Gasteiger partial charge in [0.1, 0.15) is 0 Å². The minimum absolute atomic E-state index is 0.554. The molecule has 0 aliphatic heterocycles. The summed E-state index contributed by atoms with van der Waals surface area (Å²) in [5.74, 6) is 6.00. The van der Waals surface area contributed by atoms with Gasteiger partial charge in [0.25, 0.3) is 0 Å². The normalized spacial score (nSPS) is 11.4. The standard InChI is InChI=1S/C13H17N5S/c1-10-16-12(9-19-10)7-8-15-13(18-14)17-11-5-3-2-4-6-11/h2-6,9H,7-8,14H2,1H3,(H2,15,17,18). The number of hydrogen-bond donors (Lipinski definition) is 3. The molecule has 2 aromatic rings. The molecule has 0 aliphatic rings. The first-order chi connectivity index (χ1) is 9.28. The number of para-hydroxylation sites is 1. The van der Waals surface area contributed by atoms with Gasteiger partial charge in [-0.3, -0.25) is 10.4 Å². The molecule has 0 bridgehead atoms. The number of aromatic nitrogens is 1. The summed E-state index contributed by atoms with van der Waals surface area (Å²) < 4.78 is 0. The number of benzene rings is 1. The summed E-state index contributed by atoms with van der Waals surface area (Å²) in [5, 5.41) is 6.26. The van der Waals surface area contributed by atoms with Crippen LogP contribution in [0, 0.1) is 6.92 Å². The van der Waals surface area contributed by atoms with Gasteiger partial charge in [0.2, 0.25) is 5.96 Å². The van der Waals surface area contributed by atoms with Crippen LogP contribution in [-0.4, -0.2) is 17.5 Å². The van der Waals surface area contributed by atoms with Crippen molar-refractivity contribution in [2.24, 2.45) is 10.8 Å². The SMILES string of the molecule is Cc1nc(CCN=C(NN)Nc2ccccc2)cs1. The Morgan fingerprint density at radius 1 is 1.37 bits per heavy atom. The van der Waals surface area contributed by atoms with Crippen LogP contribution >= 0.6 is 11.3 Å². The van der Waals surface area contributed by atoms with Crippen molar-refractivity contribution < 1.29 is 0 Å². The monoisotopic (exact) mass is 275 g/mol. The molecule has 0 fully saturated rings. The fourth-order valence-corrected chi connectivity index (χ4v) is 2.23. The van der Waals surface area contributed by atoms with E-state index in [2.05, 4.69) is 26.1 Å². The molecule has 0 amide bonds. The van der Waals surface area contributed by atoms with Crippen molar-refractivity contribution in [3.05, 3.63) is 46.4 Å². The molecule has 0 radical (unpaired) electrons. The highest BCUT2D eigenvalue weighted by atomic mass is 32.1. The van der Waals surface area contributed by atoms with Crippen molar-refractivity contribution in [1.82, 2.24) is 10.4 Å². The van der Waals surface area contributed by atoms with Crippen molar-refractivity contribution in [2.45, 2.75) is 13.3 Å². The first-order valence-electron chi connectivity index (χ1n) is 6.02. The second-order valence-electron chi connectivity index (χ2n) is 3.97. The van der Waals surface area contributed by atoms with Gasteiger partial charge in [-0.25, -0.2) is 10.8 Å². The molecule has 2 rings (SSSR count). The molecule has 1 heterocycles. The van der Waals surface area contributed by atoms with Crippen LogP contribution in [-0.2, 0) is 6.42 Å². The molecule has 0 saturated heterocycles. The molecule has 0 atom stereocenters. The fraction of sp³-hybridized carbons (Fsp3) is 0.231. The van der Waals surface area contributed by atoms with Crippen molar-refractivity contribution in [3.63, 3.8) is 0 Å². The zero-order valence-electron chi connectivity index (χ0n) is 10.8. The lowest BCUT2D eigenvalue weighted by Gasteiger charge is -2.08. The molecule has 100 valence electrons. The van der Waals surface area contributed by atoms with E-state index in [4.69, 9.17) is 5.84 Å². The molecule has 0 unspecified atom stereocenters. The van der Waals surface area contributed by atoms with Crippen LogP contribution in [0.1, 0.15) is 10.7 Å². The number of anilines is 1. The van der Waals surface area contributed by atoms with Gasteiger partial charge < -0.3 is 5.32 Å². The highest BCUT2D eigenvalue weighted by Gasteiger charge is 1.99. The summed E-state index contributed by atoms with van der Waals surface area (Å²) in [6.07, 6.45) is 0.811. The van der Waals surface area contributed by atoms with E-state index in [0.29, 0.717) is 12.5 Å². The van der Waals surface area contributed by atoms with Crippen LogP contribution in [0.25, 0.3) is 0 Å². The van der Waals surface area contributed by atoms with Crippen LogP contribution in [0.2, 0.25) is 0 Å². The summed E-state index contributed by atoms with van der Waals surface area (Å²) in [7, 11) is 0. The van der Waals surface area contributed by atoms with Crippen LogP contribution in [0.15, 0.2) is 40.7 Å². The zero-order valence-corrected chi connectivity index (χ0v) is 11.6. The number of thiazole rings is 1. The van der Waals surface area contributed by atoms with Gasteiger partial charge in [-0.05, 0) is 19.1 Å². The second-order valence-corrected chi connectivity index (χ2v) is 5.04. The molecule has 0 spiro atoms. The number of rotatable bonds is 4. The van der Waals surface area contributed by atoms with Gasteiger partial charge in [-0.1, -0.05) is 18.2 Å². The first-order valence-corrected chi connectivity index (χ1v) is 6.90. The maximum absolute atomic E-state index is 5.45. The lowest BCUT2D eigenvalue weighted by atomic mass is 10.3. The Hall–Kier alpha value is -1.92. The van der Waals surface area contributed by atoms with Crippen molar-refractivity contribution in [1.29, 1.82) is 0 Å². The Kier molecular flexibility index (Phi) is 4.88. The summed E-state index contributed by atoms with van der Waals surface area (Å²) in [6.45, 7) is 2.64. The van der Waals surface area contributed by atoms with Gasteiger partial charge >= 0.3 is 0 Å². The minimum Gasteiger partial charge on any atom is -0.325 e. The maximum Gasteiger partial charge on any atom is 0.210 e. The van der Waals surface area contributed by atoms with Crippen molar-refractivity contribution in [2.75, 3.05) is 11.9 Å². The number of hydrogen-bond acceptors (Lipinski definition) is 4. The van der Waals surface area contributed by atoms with Gasteiger partial charge in [0.05, 0.1) is 10.7 Å². The number of nitrogens with one attached hydrogen (secondary N) is 2. The molecular formula is C13H17N5S. The van der Waals surface area contributed by atoms with Gasteiger partial charge in [0, 0.05) is 24.0 Å². The topological polar surface area (TPSA) is 75.3 Å². The Morgan fingerprint density at radius 2 is 2.16 bits per heavy atom. The first kappa shape index (κ1) is 13.5. The quantitative estimate of drug-likeness (QED) is 0.345. The average molecular weight is 275 g/mol. The Bertz CT molecular complexity index is 535. The summed E-state index contributed by atoms with van der Waals surface area (Å²) in [4.78, 5) is 8.77. The smallest absolute Gasteiger partial charge is 0.210 e. The zero-order chi connectivity index (χ0) is 13.5. The molecule has 6 heteroatoms. The second kappa shape index (κ2) is 6.86. The third-order valence-corrected chi connectivity index (χ3v) is 3.30. The Balaban J connectivity index is 1.88. The third kappa shape index (κ3) is 4.35. The van der Waals surface area contributed by atoms with E-state index in [1.807, 2.05) is 37.3 Å². The summed E-state index contributed by atoms with van der Waals surface area (Å²) >= 11 is 1.66. The van der Waals surface area contributed by atoms with E-state index in [0.717, 1.165) is 22.8 Å². The van der Waals surface area contributed by atoms with Crippen molar-refractivity contribution in [3.8, 4) is 0 Å². The van der Waals surface area contributed by atoms with E-state index < -0.39 is 0 Å². The highest BCUT2D eigenvalue weighted by molar-refractivity contribution is 7.09. The number of hydrazine groups is 1. The van der Waals surface area contributed by atoms with Gasteiger partial charge in [0.15, 0.2) is 0 Å². The largest absolute Gasteiger partial charge is 0.325 e. The van der Waals surface area contributed by atoms with E-state index in [9.17, 15) is 0 Å². The minimum atomic E-state index is 0.554. The van der Waals surface area contributed by atoms with Crippen LogP contribution in [0.5, 0.6) is 0 Å². The summed E-state index contributed by atoms with van der Waals surface area (Å²) in [6, 6.07) is 9.78. The number of aryl methyl sites for hydroxylation is 1. The molecule has 19 heavy (non-hydrogen) atoms. The van der Waals surface area contributed by atoms with E-state index in [-0.39, 0.29) is 0 Å². The van der Waals surface area contributed by atoms with Gasteiger partial charge in [-0.2, -0.15) is 0 Å². The molecule has 1 aromatic carbocycles. The number of nitrogens with two attached hydrogens (primary N) is 1. The maximum atomic E-state index is 5.45. The number of guanidine groups is 1. The van der Waals surface area contributed by atoms with Gasteiger partial charge in [-0.15, -0.1) is 11.3 Å². The molecule has 4 N–H and O–H groups in total. The lowest BCUT2D eigenvalue weighted by Crippen LogP contribution is -2.36. The number of nitrogens with zero attached hydrogens (tertiary/aromatic N) is 2. The average Bonchev–Trinajstić information content (AvgIpc) is 2.84. The third-order valence-electron chi connectivity index (χ3n) is 2.48. The van der Waals surface area contributed by atoms with Crippen molar-refractivity contribution >= 4 is 23.0 Å². The molecule has 1 aromatic heterocycles. The number of aliphatic imine (C=N–C) groups is 1. The fourth-order valence-electron chi connectivity index (χ4n) is 1.58. The predicted octanol–water partition coefficient (Wildman–Crippen LogP) is 1.93. The van der Waals surface area contributed by atoms with Crippen LogP contribution < -0.4 is 16.6 Å². The van der Waals surface area contributed by atoms with E-state index in [1.165, 1.54) is 0 Å². The predicted molar refractivity (Wildman–Crippen MR) is 80.2 cm³/mol. The van der Waals surface area contributed by atoms with Crippen LogP contribution in [0.4, 0.5) is 5.69 Å². The molecule has 5 nitrogen and oxygen atoms in total. The molecule has 0 saturated carbocycles. The molecular weight excluding hydrogens is 258 g/mol. The van der Waals surface area contributed by atoms with E-state index in [1.54, 1.807) is 11.3 Å². The molecule has 0 aliphatic carbocycles. The Labute approximate surface area is 116 Å².